The van der Waals surface area contributed by atoms with Crippen LogP contribution in [0.3, 0.4) is 0 Å². The number of hydrogen-bond donors (Lipinski definition) is 1. The van der Waals surface area contributed by atoms with Gasteiger partial charge < -0.3 is 5.32 Å². The molecule has 3 heteroatoms. The van der Waals surface area contributed by atoms with Gasteiger partial charge in [0.25, 0.3) is 0 Å². The Morgan fingerprint density at radius 2 is 1.75 bits per heavy atom. The van der Waals surface area contributed by atoms with Crippen LogP contribution in [0.15, 0.2) is 60.7 Å². The monoisotopic (exact) mass is 269 g/mol. The van der Waals surface area contributed by atoms with Crippen LogP contribution in [0.1, 0.15) is 24.1 Å². The molecule has 0 heterocycles. The second-order valence-electron chi connectivity index (χ2n) is 4.53. The van der Waals surface area contributed by atoms with Crippen molar-refractivity contribution < 1.29 is 9.18 Å². The molecule has 0 unspecified atom stereocenters. The number of benzene rings is 2. The van der Waals surface area contributed by atoms with E-state index in [1.807, 2.05) is 37.3 Å². The van der Waals surface area contributed by atoms with E-state index in [2.05, 4.69) is 5.32 Å². The highest BCUT2D eigenvalue weighted by Gasteiger charge is 2.06. The van der Waals surface area contributed by atoms with Crippen molar-refractivity contribution >= 4 is 12.0 Å². The van der Waals surface area contributed by atoms with E-state index in [0.717, 1.165) is 11.1 Å². The molecule has 0 aromatic heterocycles. The van der Waals surface area contributed by atoms with Crippen molar-refractivity contribution in [3.63, 3.8) is 0 Å². The minimum atomic E-state index is -0.288. The van der Waals surface area contributed by atoms with Gasteiger partial charge in [-0.25, -0.2) is 4.39 Å². The van der Waals surface area contributed by atoms with Gasteiger partial charge in [-0.05, 0) is 36.3 Å². The molecule has 2 rings (SSSR count). The van der Waals surface area contributed by atoms with Crippen LogP contribution in [0.4, 0.5) is 4.39 Å². The Bertz CT molecular complexity index is 590. The lowest BCUT2D eigenvalue weighted by Crippen LogP contribution is -2.24. The number of halogens is 1. The molecule has 2 nitrogen and oxygen atoms in total. The Balaban J connectivity index is 1.94. The van der Waals surface area contributed by atoms with Crippen molar-refractivity contribution in [2.75, 3.05) is 0 Å². The molecule has 1 amide bonds. The van der Waals surface area contributed by atoms with E-state index in [-0.39, 0.29) is 17.8 Å². The van der Waals surface area contributed by atoms with Crippen LogP contribution in [0, 0.1) is 5.82 Å². The number of amides is 1. The topological polar surface area (TPSA) is 29.1 Å². The Kier molecular flexibility index (Phi) is 4.66. The van der Waals surface area contributed by atoms with Crippen molar-refractivity contribution in [1.29, 1.82) is 0 Å². The van der Waals surface area contributed by atoms with E-state index < -0.39 is 0 Å². The molecule has 1 atom stereocenters. The fourth-order valence-corrected chi connectivity index (χ4v) is 1.83. The maximum atomic E-state index is 12.7. The molecule has 0 fully saturated rings. The molecule has 0 radical (unpaired) electrons. The van der Waals surface area contributed by atoms with E-state index in [0.29, 0.717) is 0 Å². The molecular formula is C17H16FNO. The summed E-state index contributed by atoms with van der Waals surface area (Å²) in [7, 11) is 0. The molecule has 0 bridgehead atoms. The Morgan fingerprint density at radius 1 is 1.10 bits per heavy atom. The molecule has 1 N–H and O–H groups in total. The van der Waals surface area contributed by atoms with Crippen molar-refractivity contribution in [2.45, 2.75) is 13.0 Å². The van der Waals surface area contributed by atoms with Gasteiger partial charge in [0.1, 0.15) is 5.82 Å². The van der Waals surface area contributed by atoms with Crippen LogP contribution in [-0.2, 0) is 4.79 Å². The predicted molar refractivity (Wildman–Crippen MR) is 78.4 cm³/mol. The normalized spacial score (nSPS) is 12.3. The minimum absolute atomic E-state index is 0.0541. The summed E-state index contributed by atoms with van der Waals surface area (Å²) in [5.41, 5.74) is 1.84. The summed E-state index contributed by atoms with van der Waals surface area (Å²) in [5, 5.41) is 2.88. The van der Waals surface area contributed by atoms with Gasteiger partial charge in [-0.2, -0.15) is 0 Å². The number of rotatable bonds is 4. The van der Waals surface area contributed by atoms with Crippen molar-refractivity contribution in [1.82, 2.24) is 5.32 Å². The van der Waals surface area contributed by atoms with Gasteiger partial charge in [0.2, 0.25) is 5.91 Å². The Hall–Kier alpha value is -2.42. The molecule has 0 saturated carbocycles. The number of carbonyl (C=O) groups excluding carboxylic acids is 1. The molecule has 0 spiro atoms. The van der Waals surface area contributed by atoms with Gasteiger partial charge in [0.15, 0.2) is 0 Å². The molecule has 0 aliphatic rings. The summed E-state index contributed by atoms with van der Waals surface area (Å²) < 4.78 is 12.7. The average molecular weight is 269 g/mol. The summed E-state index contributed by atoms with van der Waals surface area (Å²) >= 11 is 0. The SMILES string of the molecule is C[C@@H](NC(=O)/C=C/c1ccc(F)cc1)c1ccccc1. The standard InChI is InChI=1S/C17H16FNO/c1-13(15-5-3-2-4-6-15)19-17(20)12-9-14-7-10-16(18)11-8-14/h2-13H,1H3,(H,19,20)/b12-9+/t13-/m1/s1. The van der Waals surface area contributed by atoms with Gasteiger partial charge in [-0.1, -0.05) is 42.5 Å². The number of hydrogen-bond acceptors (Lipinski definition) is 1. The van der Waals surface area contributed by atoms with Gasteiger partial charge in [0, 0.05) is 6.08 Å². The van der Waals surface area contributed by atoms with Crippen molar-refractivity contribution in [2.24, 2.45) is 0 Å². The zero-order valence-electron chi connectivity index (χ0n) is 11.2. The van der Waals surface area contributed by atoms with Crippen LogP contribution in [0.25, 0.3) is 6.08 Å². The second-order valence-corrected chi connectivity index (χ2v) is 4.53. The summed E-state index contributed by atoms with van der Waals surface area (Å²) in [6.07, 6.45) is 3.11. The first kappa shape index (κ1) is 14.0. The molecule has 102 valence electrons. The molecular weight excluding hydrogens is 253 g/mol. The smallest absolute Gasteiger partial charge is 0.244 e. The van der Waals surface area contributed by atoms with Crippen molar-refractivity contribution in [3.8, 4) is 0 Å². The first-order chi connectivity index (χ1) is 9.65. The summed E-state index contributed by atoms with van der Waals surface area (Å²) in [5.74, 6) is -0.463. The van der Waals surface area contributed by atoms with E-state index in [9.17, 15) is 9.18 Å². The fourth-order valence-electron chi connectivity index (χ4n) is 1.83. The van der Waals surface area contributed by atoms with Gasteiger partial charge >= 0.3 is 0 Å². The molecule has 0 aliphatic carbocycles. The molecule has 0 aliphatic heterocycles. The second kappa shape index (κ2) is 6.66. The van der Waals surface area contributed by atoms with Crippen LogP contribution >= 0.6 is 0 Å². The highest BCUT2D eigenvalue weighted by atomic mass is 19.1. The third-order valence-corrected chi connectivity index (χ3v) is 2.96. The lowest BCUT2D eigenvalue weighted by molar-refractivity contribution is -0.117. The van der Waals surface area contributed by atoms with E-state index >= 15 is 0 Å². The predicted octanol–water partition coefficient (Wildman–Crippen LogP) is 3.72. The quantitative estimate of drug-likeness (QED) is 0.842. The third kappa shape index (κ3) is 4.05. The molecule has 20 heavy (non-hydrogen) atoms. The van der Waals surface area contributed by atoms with Gasteiger partial charge in [-0.15, -0.1) is 0 Å². The summed E-state index contributed by atoms with van der Waals surface area (Å²) in [4.78, 5) is 11.8. The van der Waals surface area contributed by atoms with Crippen LogP contribution in [0.5, 0.6) is 0 Å². The maximum absolute atomic E-state index is 12.7. The van der Waals surface area contributed by atoms with Crippen LogP contribution in [-0.4, -0.2) is 5.91 Å². The Morgan fingerprint density at radius 3 is 2.40 bits per heavy atom. The average Bonchev–Trinajstić information content (AvgIpc) is 2.47. The van der Waals surface area contributed by atoms with Crippen LogP contribution in [0.2, 0.25) is 0 Å². The number of nitrogens with one attached hydrogen (secondary N) is 1. The highest BCUT2D eigenvalue weighted by molar-refractivity contribution is 5.91. The zero-order valence-corrected chi connectivity index (χ0v) is 11.2. The Labute approximate surface area is 118 Å². The molecule has 2 aromatic carbocycles. The summed E-state index contributed by atoms with van der Waals surface area (Å²) in [6, 6.07) is 15.7. The van der Waals surface area contributed by atoms with Crippen molar-refractivity contribution in [3.05, 3.63) is 77.6 Å². The maximum Gasteiger partial charge on any atom is 0.244 e. The number of carbonyl (C=O) groups is 1. The van der Waals surface area contributed by atoms with Crippen LogP contribution < -0.4 is 5.32 Å². The molecule has 0 saturated heterocycles. The highest BCUT2D eigenvalue weighted by Crippen LogP contribution is 2.11. The lowest BCUT2D eigenvalue weighted by Gasteiger charge is -2.12. The first-order valence-corrected chi connectivity index (χ1v) is 6.44. The minimum Gasteiger partial charge on any atom is -0.346 e. The van der Waals surface area contributed by atoms with E-state index in [1.165, 1.54) is 18.2 Å². The lowest BCUT2D eigenvalue weighted by atomic mass is 10.1. The van der Waals surface area contributed by atoms with E-state index in [1.54, 1.807) is 18.2 Å². The largest absolute Gasteiger partial charge is 0.346 e. The zero-order chi connectivity index (χ0) is 14.4. The first-order valence-electron chi connectivity index (χ1n) is 6.44. The third-order valence-electron chi connectivity index (χ3n) is 2.96. The molecule has 2 aromatic rings. The fraction of sp³-hybridized carbons (Fsp3) is 0.118. The van der Waals surface area contributed by atoms with Gasteiger partial charge in [-0.3, -0.25) is 4.79 Å². The van der Waals surface area contributed by atoms with E-state index in [4.69, 9.17) is 0 Å². The van der Waals surface area contributed by atoms with Gasteiger partial charge in [0.05, 0.1) is 6.04 Å². The summed E-state index contributed by atoms with van der Waals surface area (Å²) in [6.45, 7) is 1.93.